The molecule has 8 nitrogen and oxygen atoms in total. The zero-order chi connectivity index (χ0) is 32.1. The van der Waals surface area contributed by atoms with Gasteiger partial charge in [-0.15, -0.1) is 0 Å². The van der Waals surface area contributed by atoms with Gasteiger partial charge in [-0.05, 0) is 109 Å². The Kier molecular flexibility index (Phi) is 5.26. The molecule has 9 rings (SSSR count). The number of H-pyrrole nitrogens is 1. The zero-order valence-corrected chi connectivity index (χ0v) is 27.9. The number of aliphatic hydroxyl groups excluding tert-OH is 1. The van der Waals surface area contributed by atoms with Crippen LogP contribution >= 0.6 is 0 Å². The number of rotatable bonds is 1. The molecule has 3 saturated heterocycles. The monoisotopic (exact) mass is 619 g/mol. The number of carbonyl (C=O) groups is 1. The van der Waals surface area contributed by atoms with Crippen LogP contribution < -0.4 is 0 Å². The second-order valence-corrected chi connectivity index (χ2v) is 17.8. The highest BCUT2D eigenvalue weighted by atomic mass is 16.7. The van der Waals surface area contributed by atoms with E-state index in [1.165, 1.54) is 16.6 Å². The summed E-state index contributed by atoms with van der Waals surface area (Å²) >= 11 is 0. The molecule has 1 spiro atoms. The smallest absolute Gasteiger partial charge is 0.169 e. The van der Waals surface area contributed by atoms with Gasteiger partial charge in [0.15, 0.2) is 11.4 Å². The minimum absolute atomic E-state index is 0.106. The molecule has 11 atom stereocenters. The lowest BCUT2D eigenvalue weighted by Gasteiger charge is -2.66. The molecule has 7 aliphatic rings. The number of benzene rings is 1. The minimum atomic E-state index is -1.23. The van der Waals surface area contributed by atoms with Crippen LogP contribution in [0.1, 0.15) is 108 Å². The summed E-state index contributed by atoms with van der Waals surface area (Å²) < 4.78 is 19.4. The van der Waals surface area contributed by atoms with Crippen molar-refractivity contribution in [2.24, 2.45) is 23.2 Å². The molecule has 3 aliphatic heterocycles. The Morgan fingerprint density at radius 2 is 1.71 bits per heavy atom. The predicted molar refractivity (Wildman–Crippen MR) is 167 cm³/mol. The Balaban J connectivity index is 1.17. The van der Waals surface area contributed by atoms with Crippen molar-refractivity contribution in [3.8, 4) is 0 Å². The molecule has 2 unspecified atom stereocenters. The topological polar surface area (TPSA) is 125 Å². The number of aromatic nitrogens is 1. The molecule has 4 aliphatic carbocycles. The number of epoxide rings is 1. The maximum Gasteiger partial charge on any atom is 0.169 e. The molecule has 5 fully saturated rings. The lowest BCUT2D eigenvalue weighted by atomic mass is 9.40. The summed E-state index contributed by atoms with van der Waals surface area (Å²) in [4.78, 5) is 18.0. The van der Waals surface area contributed by atoms with Gasteiger partial charge in [0.1, 0.15) is 23.9 Å². The third-order valence-corrected chi connectivity index (χ3v) is 14.8. The summed E-state index contributed by atoms with van der Waals surface area (Å²) in [6.07, 6.45) is 1.78. The maximum absolute atomic E-state index is 14.2. The number of aliphatic hydroxyl groups is 3. The van der Waals surface area contributed by atoms with Crippen molar-refractivity contribution in [3.63, 3.8) is 0 Å². The number of ketones is 1. The van der Waals surface area contributed by atoms with E-state index in [0.717, 1.165) is 42.3 Å². The molecule has 4 heterocycles. The third-order valence-electron chi connectivity index (χ3n) is 14.8. The number of carbonyl (C=O) groups excluding carboxylic acids is 1. The number of hydrogen-bond donors (Lipinski definition) is 4. The lowest BCUT2D eigenvalue weighted by molar-refractivity contribution is -0.280. The van der Waals surface area contributed by atoms with Crippen LogP contribution in [0.5, 0.6) is 0 Å². The number of ether oxygens (including phenoxy) is 3. The van der Waals surface area contributed by atoms with Gasteiger partial charge in [-0.1, -0.05) is 13.8 Å². The van der Waals surface area contributed by atoms with E-state index in [9.17, 15) is 20.1 Å². The summed E-state index contributed by atoms with van der Waals surface area (Å²) in [7, 11) is 0. The van der Waals surface area contributed by atoms with Crippen LogP contribution in [0, 0.1) is 23.2 Å². The number of nitrogens with one attached hydrogen (secondary N) is 1. The van der Waals surface area contributed by atoms with E-state index in [-0.39, 0.29) is 23.0 Å². The van der Waals surface area contributed by atoms with E-state index >= 15 is 0 Å². The first kappa shape index (κ1) is 29.3. The van der Waals surface area contributed by atoms with Gasteiger partial charge >= 0.3 is 0 Å². The normalized spacial score (nSPS) is 48.5. The van der Waals surface area contributed by atoms with Crippen LogP contribution in [-0.4, -0.2) is 78.5 Å². The van der Waals surface area contributed by atoms with Gasteiger partial charge in [0.2, 0.25) is 0 Å². The Morgan fingerprint density at radius 1 is 0.978 bits per heavy atom. The first-order valence-corrected chi connectivity index (χ1v) is 17.2. The summed E-state index contributed by atoms with van der Waals surface area (Å²) in [5, 5.41) is 36.4. The fourth-order valence-corrected chi connectivity index (χ4v) is 12.6. The molecular weight excluding hydrogens is 570 g/mol. The average Bonchev–Trinajstić information content (AvgIpc) is 3.44. The predicted octanol–water partition coefficient (Wildman–Crippen LogP) is 4.52. The Labute approximate surface area is 265 Å². The summed E-state index contributed by atoms with van der Waals surface area (Å²) in [6.45, 7) is 16.3. The van der Waals surface area contributed by atoms with Crippen molar-refractivity contribution in [2.45, 2.75) is 152 Å². The molecule has 2 aromatic rings. The number of Topliss-reactive ketones (excluding diaryl/α,β-unsaturated/α-hetero) is 1. The van der Waals surface area contributed by atoms with Crippen LogP contribution in [0.3, 0.4) is 0 Å². The van der Waals surface area contributed by atoms with Crippen molar-refractivity contribution < 1.29 is 34.3 Å². The van der Waals surface area contributed by atoms with Crippen molar-refractivity contribution >= 4 is 16.7 Å². The van der Waals surface area contributed by atoms with Gasteiger partial charge in [-0.25, -0.2) is 0 Å². The highest BCUT2D eigenvalue weighted by Gasteiger charge is 2.86. The van der Waals surface area contributed by atoms with Crippen molar-refractivity contribution in [1.82, 2.24) is 4.98 Å². The van der Waals surface area contributed by atoms with Crippen molar-refractivity contribution in [3.05, 3.63) is 34.5 Å². The summed E-state index contributed by atoms with van der Waals surface area (Å²) in [6, 6.07) is 4.11. The SMILES string of the molecule is CC(C)(O)[C@H]1OC2CC[C@@]3(C)[C@@](O)(CCC4Cc5c([nH]c6ccc7c(c56)C[C@H]5[C@@H](C7=O)C(C)(C)OC5(C)C)[C@@]43C)[C@]23O[C@H]3[C@@H]1O. The third kappa shape index (κ3) is 3.06. The van der Waals surface area contributed by atoms with Crippen molar-refractivity contribution in [1.29, 1.82) is 0 Å². The Bertz CT molecular complexity index is 1690. The standard InChI is InChI=1S/C37H49NO7/c1-31(2,41)29-27(40)30-37(44-30)23(43-29)12-13-34(7)35(8)17(11-14-36(34,37)42)15-20-24-19-16-21-25(33(5,6)45-32(21,3)4)26(39)18(19)9-10-22(24)38-28(20)35/h9-10,17,21,23,25,27,29-30,38,40-42H,11-16H2,1-8H3/t17?,21-,23?,25-,27+,29-,30-,34+,35+,36-,37-/m0/s1. The quantitative estimate of drug-likeness (QED) is 0.346. The average molecular weight is 620 g/mol. The van der Waals surface area contributed by atoms with Gasteiger partial charge in [-0.2, -0.15) is 0 Å². The molecule has 1 aromatic heterocycles. The maximum atomic E-state index is 14.2. The number of fused-ring (bicyclic) bond motifs is 10. The number of aromatic amines is 1. The largest absolute Gasteiger partial charge is 0.388 e. The number of hydrogen-bond acceptors (Lipinski definition) is 7. The van der Waals surface area contributed by atoms with E-state index in [4.69, 9.17) is 14.2 Å². The highest BCUT2D eigenvalue weighted by Crippen LogP contribution is 2.75. The van der Waals surface area contributed by atoms with Gasteiger partial charge in [-0.3, -0.25) is 4.79 Å². The molecule has 0 radical (unpaired) electrons. The van der Waals surface area contributed by atoms with Crippen LogP contribution in [0.25, 0.3) is 10.9 Å². The zero-order valence-electron chi connectivity index (χ0n) is 27.9. The van der Waals surface area contributed by atoms with Crippen LogP contribution in [0.15, 0.2) is 12.1 Å². The minimum Gasteiger partial charge on any atom is -0.388 e. The van der Waals surface area contributed by atoms with Crippen molar-refractivity contribution in [2.75, 3.05) is 0 Å². The van der Waals surface area contributed by atoms with E-state index < -0.39 is 57.8 Å². The molecule has 4 N–H and O–H groups in total. The molecular formula is C37H49NO7. The van der Waals surface area contributed by atoms with Gasteiger partial charge in [0.25, 0.3) is 0 Å². The molecule has 45 heavy (non-hydrogen) atoms. The van der Waals surface area contributed by atoms with Gasteiger partial charge in [0.05, 0.1) is 28.8 Å². The first-order valence-electron chi connectivity index (χ1n) is 17.2. The van der Waals surface area contributed by atoms with E-state index in [0.29, 0.717) is 18.8 Å². The molecule has 1 aromatic carbocycles. The van der Waals surface area contributed by atoms with Crippen LogP contribution in [0.2, 0.25) is 0 Å². The summed E-state index contributed by atoms with van der Waals surface area (Å²) in [5.74, 6) is 0.467. The van der Waals surface area contributed by atoms with Crippen LogP contribution in [-0.2, 0) is 32.5 Å². The van der Waals surface area contributed by atoms with Gasteiger partial charge < -0.3 is 34.5 Å². The van der Waals surface area contributed by atoms with Crippen LogP contribution in [0.4, 0.5) is 0 Å². The lowest BCUT2D eigenvalue weighted by Crippen LogP contribution is -2.76. The molecule has 8 heteroatoms. The van der Waals surface area contributed by atoms with E-state index in [1.807, 2.05) is 6.07 Å². The Morgan fingerprint density at radius 3 is 2.42 bits per heavy atom. The van der Waals surface area contributed by atoms with E-state index in [2.05, 4.69) is 52.6 Å². The molecule has 2 saturated carbocycles. The second-order valence-electron chi connectivity index (χ2n) is 17.8. The first-order chi connectivity index (χ1) is 20.8. The van der Waals surface area contributed by atoms with E-state index in [1.54, 1.807) is 13.8 Å². The highest BCUT2D eigenvalue weighted by molar-refractivity contribution is 6.06. The fourth-order valence-electron chi connectivity index (χ4n) is 12.6. The Hall–Kier alpha value is -1.81. The summed E-state index contributed by atoms with van der Waals surface area (Å²) in [5.41, 5.74) is 0.255. The fraction of sp³-hybridized carbons (Fsp3) is 0.757. The second kappa shape index (κ2) is 8.07. The molecule has 0 bridgehead atoms. The van der Waals surface area contributed by atoms with Gasteiger partial charge in [0, 0.05) is 38.9 Å². The molecule has 0 amide bonds. The molecule has 244 valence electrons.